The molecule has 2 rings (SSSR count). The van der Waals surface area contributed by atoms with Gasteiger partial charge in [-0.15, -0.1) is 0 Å². The third kappa shape index (κ3) is 2.40. The van der Waals surface area contributed by atoms with E-state index >= 15 is 0 Å². The second-order valence-electron chi connectivity index (χ2n) is 4.27. The number of fused-ring (bicyclic) bond motifs is 1. The number of benzene rings is 1. The smallest absolute Gasteiger partial charge is 0.107 e. The highest BCUT2D eigenvalue weighted by Crippen LogP contribution is 2.16. The van der Waals surface area contributed by atoms with Crippen molar-refractivity contribution in [3.63, 3.8) is 0 Å². The van der Waals surface area contributed by atoms with Gasteiger partial charge in [-0.1, -0.05) is 35.8 Å². The molecular weight excluding hydrogens is 252 g/mol. The van der Waals surface area contributed by atoms with Crippen LogP contribution < -0.4 is 0 Å². The van der Waals surface area contributed by atoms with Crippen LogP contribution in [0.1, 0.15) is 25.2 Å². The normalized spacial score (nSPS) is 11.5. The molecule has 1 aromatic heterocycles. The lowest BCUT2D eigenvalue weighted by Crippen LogP contribution is -1.95. The van der Waals surface area contributed by atoms with E-state index in [1.807, 2.05) is 0 Å². The number of nitrogens with zero attached hydrogens (tertiary/aromatic N) is 1. The molecule has 0 unspecified atom stereocenters. The first-order valence-corrected chi connectivity index (χ1v) is 6.34. The predicted molar refractivity (Wildman–Crippen MR) is 67.3 cm³/mol. The van der Waals surface area contributed by atoms with Gasteiger partial charge in [0.25, 0.3) is 0 Å². The van der Waals surface area contributed by atoms with Crippen LogP contribution in [-0.2, 0) is 11.8 Å². The largest absolute Gasteiger partial charge is 0.342 e. The maximum absolute atomic E-state index is 4.56. The monoisotopic (exact) mass is 266 g/mol. The number of rotatable bonds is 3. The van der Waals surface area contributed by atoms with Crippen molar-refractivity contribution in [1.82, 2.24) is 9.97 Å². The molecule has 0 saturated carbocycles. The Morgan fingerprint density at radius 3 is 2.87 bits per heavy atom. The predicted octanol–water partition coefficient (Wildman–Crippen LogP) is 3.66. The van der Waals surface area contributed by atoms with Gasteiger partial charge in [0.05, 0.1) is 11.0 Å². The van der Waals surface area contributed by atoms with E-state index in [4.69, 9.17) is 0 Å². The van der Waals surface area contributed by atoms with E-state index in [0.717, 1.165) is 28.6 Å². The van der Waals surface area contributed by atoms with Crippen molar-refractivity contribution in [3.05, 3.63) is 29.6 Å². The van der Waals surface area contributed by atoms with Crippen molar-refractivity contribution < 1.29 is 0 Å². The summed E-state index contributed by atoms with van der Waals surface area (Å²) in [6, 6.07) is 6.34. The fraction of sp³-hybridized carbons (Fsp3) is 0.417. The first-order valence-electron chi connectivity index (χ1n) is 5.22. The number of aromatic amines is 1. The Bertz CT molecular complexity index is 460. The molecule has 0 aliphatic heterocycles. The van der Waals surface area contributed by atoms with Gasteiger partial charge >= 0.3 is 0 Å². The van der Waals surface area contributed by atoms with Crippen molar-refractivity contribution in [2.45, 2.75) is 25.6 Å². The van der Waals surface area contributed by atoms with Gasteiger partial charge in [-0.3, -0.25) is 0 Å². The number of alkyl halides is 1. The lowest BCUT2D eigenvalue weighted by Gasteiger charge is -1.98. The highest BCUT2D eigenvalue weighted by molar-refractivity contribution is 9.08. The lowest BCUT2D eigenvalue weighted by atomic mass is 10.1. The molecule has 0 saturated heterocycles. The first kappa shape index (κ1) is 10.7. The first-order chi connectivity index (χ1) is 7.19. The van der Waals surface area contributed by atoms with Crippen LogP contribution in [0.3, 0.4) is 0 Å². The van der Waals surface area contributed by atoms with E-state index in [0.29, 0.717) is 5.92 Å². The minimum atomic E-state index is 0.640. The Kier molecular flexibility index (Phi) is 3.10. The van der Waals surface area contributed by atoms with Gasteiger partial charge in [0.15, 0.2) is 0 Å². The minimum absolute atomic E-state index is 0.640. The van der Waals surface area contributed by atoms with E-state index < -0.39 is 0 Å². The molecule has 15 heavy (non-hydrogen) atoms. The zero-order valence-corrected chi connectivity index (χ0v) is 10.6. The summed E-state index contributed by atoms with van der Waals surface area (Å²) in [5, 5.41) is 0.890. The molecule has 0 aliphatic rings. The molecule has 0 radical (unpaired) electrons. The van der Waals surface area contributed by atoms with Gasteiger partial charge < -0.3 is 4.98 Å². The Morgan fingerprint density at radius 2 is 2.20 bits per heavy atom. The molecule has 2 aromatic rings. The van der Waals surface area contributed by atoms with Crippen molar-refractivity contribution in [3.8, 4) is 0 Å². The molecule has 1 N–H and O–H groups in total. The van der Waals surface area contributed by atoms with Crippen molar-refractivity contribution in [2.24, 2.45) is 5.92 Å². The number of hydrogen-bond acceptors (Lipinski definition) is 1. The lowest BCUT2D eigenvalue weighted by molar-refractivity contribution is 0.627. The van der Waals surface area contributed by atoms with E-state index in [2.05, 4.69) is 57.9 Å². The topological polar surface area (TPSA) is 28.7 Å². The molecule has 2 nitrogen and oxygen atoms in total. The van der Waals surface area contributed by atoms with Crippen LogP contribution in [0.5, 0.6) is 0 Å². The molecule has 0 amide bonds. The van der Waals surface area contributed by atoms with Gasteiger partial charge in [0, 0.05) is 11.8 Å². The van der Waals surface area contributed by atoms with Crippen LogP contribution in [0.25, 0.3) is 11.0 Å². The second kappa shape index (κ2) is 4.35. The highest BCUT2D eigenvalue weighted by atomic mass is 79.9. The molecule has 80 valence electrons. The zero-order valence-electron chi connectivity index (χ0n) is 9.05. The van der Waals surface area contributed by atoms with Crippen molar-refractivity contribution in [1.29, 1.82) is 0 Å². The summed E-state index contributed by atoms with van der Waals surface area (Å²) in [7, 11) is 0. The summed E-state index contributed by atoms with van der Waals surface area (Å²) in [6.45, 7) is 4.41. The summed E-state index contributed by atoms with van der Waals surface area (Å²) in [5.74, 6) is 1.73. The number of hydrogen-bond donors (Lipinski definition) is 1. The zero-order chi connectivity index (χ0) is 10.8. The Hall–Kier alpha value is -0.830. The van der Waals surface area contributed by atoms with Crippen LogP contribution in [0.2, 0.25) is 0 Å². The van der Waals surface area contributed by atoms with E-state index in [1.54, 1.807) is 0 Å². The van der Waals surface area contributed by atoms with Gasteiger partial charge in [0.1, 0.15) is 5.82 Å². The standard InChI is InChI=1S/C12H15BrN2/c1-8(2)5-12-14-10-4-3-9(7-13)6-11(10)15-12/h3-4,6,8H,5,7H2,1-2H3,(H,14,15). The van der Waals surface area contributed by atoms with Crippen LogP contribution >= 0.6 is 15.9 Å². The molecule has 1 aromatic carbocycles. The maximum atomic E-state index is 4.56. The second-order valence-corrected chi connectivity index (χ2v) is 4.83. The Morgan fingerprint density at radius 1 is 1.40 bits per heavy atom. The van der Waals surface area contributed by atoms with Crippen molar-refractivity contribution >= 4 is 27.0 Å². The number of nitrogens with one attached hydrogen (secondary N) is 1. The molecule has 0 fully saturated rings. The van der Waals surface area contributed by atoms with E-state index in [-0.39, 0.29) is 0 Å². The molecule has 1 heterocycles. The Balaban J connectivity index is 2.37. The highest BCUT2D eigenvalue weighted by Gasteiger charge is 2.04. The van der Waals surface area contributed by atoms with Gasteiger partial charge in [-0.25, -0.2) is 4.98 Å². The summed E-state index contributed by atoms with van der Waals surface area (Å²) in [5.41, 5.74) is 3.49. The summed E-state index contributed by atoms with van der Waals surface area (Å²) in [4.78, 5) is 7.93. The van der Waals surface area contributed by atoms with Gasteiger partial charge in [-0.2, -0.15) is 0 Å². The van der Waals surface area contributed by atoms with Crippen LogP contribution in [-0.4, -0.2) is 9.97 Å². The number of H-pyrrole nitrogens is 1. The molecule has 0 spiro atoms. The number of halogens is 1. The number of aromatic nitrogens is 2. The Labute approximate surface area is 98.2 Å². The molecule has 0 atom stereocenters. The molecule has 0 aliphatic carbocycles. The minimum Gasteiger partial charge on any atom is -0.342 e. The van der Waals surface area contributed by atoms with Crippen LogP contribution in [0.15, 0.2) is 18.2 Å². The third-order valence-electron chi connectivity index (χ3n) is 2.35. The van der Waals surface area contributed by atoms with E-state index in [9.17, 15) is 0 Å². The van der Waals surface area contributed by atoms with Crippen LogP contribution in [0, 0.1) is 5.92 Å². The summed E-state index contributed by atoms with van der Waals surface area (Å²) >= 11 is 3.46. The SMILES string of the molecule is CC(C)Cc1nc2ccc(CBr)cc2[nH]1. The summed E-state index contributed by atoms with van der Waals surface area (Å²) < 4.78 is 0. The van der Waals surface area contributed by atoms with Gasteiger partial charge in [-0.05, 0) is 23.6 Å². The molecular formula is C12H15BrN2. The summed E-state index contributed by atoms with van der Waals surface area (Å²) in [6.07, 6.45) is 1.01. The third-order valence-corrected chi connectivity index (χ3v) is 3.00. The average Bonchev–Trinajstić information content (AvgIpc) is 2.57. The molecule has 0 bridgehead atoms. The van der Waals surface area contributed by atoms with Gasteiger partial charge in [0.2, 0.25) is 0 Å². The molecule has 3 heteroatoms. The quantitative estimate of drug-likeness (QED) is 0.845. The van der Waals surface area contributed by atoms with E-state index in [1.165, 1.54) is 5.56 Å². The number of imidazole rings is 1. The maximum Gasteiger partial charge on any atom is 0.107 e. The fourth-order valence-electron chi connectivity index (χ4n) is 1.68. The van der Waals surface area contributed by atoms with Crippen molar-refractivity contribution in [2.75, 3.05) is 0 Å². The van der Waals surface area contributed by atoms with Crippen LogP contribution in [0.4, 0.5) is 0 Å². The average molecular weight is 267 g/mol. The fourth-order valence-corrected chi connectivity index (χ4v) is 2.02.